The van der Waals surface area contributed by atoms with Crippen LogP contribution in [0.4, 0.5) is 5.69 Å². The molecular formula is C49H78N6O8S. The van der Waals surface area contributed by atoms with Crippen LogP contribution in [0.2, 0.25) is 0 Å². The number of carbonyl (C=O) groups is 6. The van der Waals surface area contributed by atoms with Crippen LogP contribution in [0.3, 0.4) is 0 Å². The van der Waals surface area contributed by atoms with Gasteiger partial charge in [0.2, 0.25) is 11.8 Å². The summed E-state index contributed by atoms with van der Waals surface area (Å²) in [7, 11) is 3.32. The molecule has 1 aliphatic heterocycles. The first-order chi connectivity index (χ1) is 30.3. The number of Topliss-reactive ketones (excluding diaryl/α,β-unsaturated/α-hetero) is 1. The van der Waals surface area contributed by atoms with Gasteiger partial charge in [-0.1, -0.05) is 86.3 Å². The minimum absolute atomic E-state index is 0.0234. The Morgan fingerprint density at radius 2 is 1.70 bits per heavy atom. The molecule has 15 heteroatoms. The molecule has 4 N–H and O–H groups in total. The number of benzene rings is 1. The summed E-state index contributed by atoms with van der Waals surface area (Å²) in [4.78, 5) is 88.8. The zero-order valence-corrected chi connectivity index (χ0v) is 41.3. The predicted octanol–water partition coefficient (Wildman–Crippen LogP) is 7.75. The van der Waals surface area contributed by atoms with Crippen LogP contribution < -0.4 is 16.4 Å². The summed E-state index contributed by atoms with van der Waals surface area (Å²) in [6.07, 6.45) is 6.38. The molecule has 0 spiro atoms. The van der Waals surface area contributed by atoms with Gasteiger partial charge in [0, 0.05) is 55.4 Å². The number of ether oxygens (including phenoxy) is 2. The number of likely N-dealkylation sites (N-methyl/N-ethyl adjacent to an activating group) is 1. The van der Waals surface area contributed by atoms with E-state index >= 15 is 0 Å². The fourth-order valence-corrected chi connectivity index (χ4v) is 9.50. The second-order valence-electron chi connectivity index (χ2n) is 18.5. The molecule has 0 bridgehead atoms. The molecule has 1 fully saturated rings. The van der Waals surface area contributed by atoms with Crippen molar-refractivity contribution >= 4 is 52.5 Å². The Hall–Kier alpha value is -4.21. The standard InChI is InChI=1S/C49H78N6O8S/c1-12-15-16-17-39(50)45(58)51-36-20-18-35(19-21-36)26-37(25-33(8)49(61)62-11)52-46(59)40-29-64-47(53-40)44(63-34(9)56)28-41(30(4)5)55(14-3)48(60)38(32(7)13-2)27-43(57)42-24-31(6)22-23-54(42)10/h18-21,29-33,37-39,41-42,44H,12-17,22-28,50H2,1-11H3,(H,51,58)(H,52,59)/t31-,32+,33+,37-,38+,39+,41-,42-,44-/m1/s1. The van der Waals surface area contributed by atoms with Crippen molar-refractivity contribution in [2.75, 3.05) is 32.6 Å². The Balaban J connectivity index is 1.83. The van der Waals surface area contributed by atoms with Crippen molar-refractivity contribution in [2.45, 2.75) is 163 Å². The van der Waals surface area contributed by atoms with Crippen LogP contribution in [0, 0.1) is 29.6 Å². The average Bonchev–Trinajstić information content (AvgIpc) is 3.76. The van der Waals surface area contributed by atoms with E-state index in [1.54, 1.807) is 24.4 Å². The van der Waals surface area contributed by atoms with Gasteiger partial charge in [-0.05, 0) is 88.1 Å². The molecule has 358 valence electrons. The molecular weight excluding hydrogens is 833 g/mol. The number of unbranched alkanes of at least 4 members (excludes halogenated alkanes) is 2. The Bertz CT molecular complexity index is 1820. The monoisotopic (exact) mass is 911 g/mol. The summed E-state index contributed by atoms with van der Waals surface area (Å²) in [6, 6.07) is 5.63. The number of methoxy groups -OCH3 is 1. The Kier molecular flexibility index (Phi) is 22.6. The van der Waals surface area contributed by atoms with Crippen molar-refractivity contribution in [3.05, 3.63) is 45.9 Å². The molecule has 0 aliphatic carbocycles. The van der Waals surface area contributed by atoms with E-state index < -0.39 is 47.9 Å². The summed E-state index contributed by atoms with van der Waals surface area (Å²) in [5.74, 6) is -2.23. The second kappa shape index (κ2) is 26.7. The van der Waals surface area contributed by atoms with E-state index in [1.807, 2.05) is 58.7 Å². The van der Waals surface area contributed by atoms with Crippen LogP contribution in [-0.4, -0.2) is 102 Å². The van der Waals surface area contributed by atoms with Gasteiger partial charge >= 0.3 is 11.9 Å². The van der Waals surface area contributed by atoms with Crippen molar-refractivity contribution in [3.63, 3.8) is 0 Å². The highest BCUT2D eigenvalue weighted by Crippen LogP contribution is 2.34. The number of anilines is 1. The fourth-order valence-electron chi connectivity index (χ4n) is 8.66. The van der Waals surface area contributed by atoms with Gasteiger partial charge in [-0.15, -0.1) is 11.3 Å². The summed E-state index contributed by atoms with van der Waals surface area (Å²) in [5.41, 5.74) is 7.70. The topological polar surface area (TPSA) is 190 Å². The number of aromatic nitrogens is 1. The van der Waals surface area contributed by atoms with E-state index in [2.05, 4.69) is 34.4 Å². The number of piperidine rings is 1. The van der Waals surface area contributed by atoms with Crippen molar-refractivity contribution in [3.8, 4) is 0 Å². The SMILES string of the molecule is CCCCC[C@H](N)C(=O)Nc1ccc(C[C@@H](C[C@H](C)C(=O)OC)NC(=O)c2csc([C@@H](C[C@H](C(C)C)N(CC)C(=O)[C@@H](CC(=O)[C@H]3C[C@H](C)CCN3C)[C@@H](C)CC)OC(C)=O)n2)cc1. The highest BCUT2D eigenvalue weighted by molar-refractivity contribution is 7.09. The minimum atomic E-state index is -0.848. The number of ketones is 1. The third-order valence-electron chi connectivity index (χ3n) is 12.9. The smallest absolute Gasteiger partial charge is 0.308 e. The first-order valence-electron chi connectivity index (χ1n) is 23.5. The fraction of sp³-hybridized carbons (Fsp3) is 0.694. The van der Waals surface area contributed by atoms with Crippen LogP contribution in [0.15, 0.2) is 29.6 Å². The Morgan fingerprint density at radius 3 is 2.30 bits per heavy atom. The van der Waals surface area contributed by atoms with Crippen molar-refractivity contribution in [1.29, 1.82) is 0 Å². The van der Waals surface area contributed by atoms with Gasteiger partial charge in [-0.2, -0.15) is 0 Å². The van der Waals surface area contributed by atoms with Gasteiger partial charge in [0.1, 0.15) is 10.7 Å². The number of nitrogens with zero attached hydrogens (tertiary/aromatic N) is 3. The van der Waals surface area contributed by atoms with Crippen LogP contribution in [0.5, 0.6) is 0 Å². The quantitative estimate of drug-likeness (QED) is 0.0618. The largest absolute Gasteiger partial charge is 0.469 e. The van der Waals surface area contributed by atoms with Gasteiger partial charge in [0.15, 0.2) is 11.9 Å². The highest BCUT2D eigenvalue weighted by Gasteiger charge is 2.39. The van der Waals surface area contributed by atoms with Crippen LogP contribution >= 0.6 is 11.3 Å². The lowest BCUT2D eigenvalue weighted by Crippen LogP contribution is -2.50. The number of rotatable bonds is 26. The molecule has 9 atom stereocenters. The lowest BCUT2D eigenvalue weighted by Gasteiger charge is -2.39. The molecule has 1 aliphatic rings. The third kappa shape index (κ3) is 16.3. The van der Waals surface area contributed by atoms with Gasteiger partial charge < -0.3 is 30.7 Å². The van der Waals surface area contributed by atoms with Gasteiger partial charge in [0.05, 0.1) is 25.1 Å². The molecule has 1 aromatic heterocycles. The number of thiazole rings is 1. The summed E-state index contributed by atoms with van der Waals surface area (Å²) in [6.45, 7) is 18.7. The summed E-state index contributed by atoms with van der Waals surface area (Å²) < 4.78 is 10.9. The molecule has 3 amide bonds. The number of likely N-dealkylation sites (tertiary alicyclic amines) is 1. The van der Waals surface area contributed by atoms with Gasteiger partial charge in [-0.25, -0.2) is 4.98 Å². The Labute approximate surface area is 386 Å². The van der Waals surface area contributed by atoms with Crippen LogP contribution in [0.25, 0.3) is 0 Å². The van der Waals surface area contributed by atoms with E-state index in [9.17, 15) is 28.8 Å². The first kappa shape index (κ1) is 54.1. The number of nitrogens with one attached hydrogen (secondary N) is 2. The van der Waals surface area contributed by atoms with E-state index in [0.29, 0.717) is 36.0 Å². The van der Waals surface area contributed by atoms with Crippen molar-refractivity contribution < 1.29 is 38.2 Å². The molecule has 0 radical (unpaired) electrons. The molecule has 64 heavy (non-hydrogen) atoms. The third-order valence-corrected chi connectivity index (χ3v) is 13.8. The molecule has 2 heterocycles. The molecule has 1 saturated heterocycles. The maximum atomic E-state index is 14.6. The molecule has 1 aromatic carbocycles. The summed E-state index contributed by atoms with van der Waals surface area (Å²) in [5, 5.41) is 7.98. The predicted molar refractivity (Wildman–Crippen MR) is 253 cm³/mol. The van der Waals surface area contributed by atoms with Crippen LogP contribution in [0.1, 0.15) is 154 Å². The first-order valence-corrected chi connectivity index (χ1v) is 24.4. The zero-order valence-electron chi connectivity index (χ0n) is 40.4. The lowest BCUT2D eigenvalue weighted by molar-refractivity contribution is -0.150. The number of hydrogen-bond acceptors (Lipinski definition) is 12. The zero-order chi connectivity index (χ0) is 47.7. The molecule has 0 saturated carbocycles. The van der Waals surface area contributed by atoms with Crippen LogP contribution in [-0.2, 0) is 39.9 Å². The number of carbonyl (C=O) groups excluding carboxylic acids is 6. The van der Waals surface area contributed by atoms with Crippen molar-refractivity contribution in [2.24, 2.45) is 35.3 Å². The summed E-state index contributed by atoms with van der Waals surface area (Å²) >= 11 is 1.20. The number of esters is 2. The van der Waals surface area contributed by atoms with E-state index in [0.717, 1.165) is 50.6 Å². The lowest BCUT2D eigenvalue weighted by atomic mass is 9.81. The highest BCUT2D eigenvalue weighted by atomic mass is 32.1. The number of amides is 3. The molecule has 0 unspecified atom stereocenters. The average molecular weight is 911 g/mol. The minimum Gasteiger partial charge on any atom is -0.469 e. The van der Waals surface area contributed by atoms with E-state index in [4.69, 9.17) is 15.2 Å². The van der Waals surface area contributed by atoms with Gasteiger partial charge in [-0.3, -0.25) is 33.7 Å². The number of nitrogens with two attached hydrogens (primary N) is 1. The van der Waals surface area contributed by atoms with E-state index in [-0.39, 0.29) is 66.5 Å². The number of hydrogen-bond donors (Lipinski definition) is 3. The normalized spacial score (nSPS) is 18.8. The van der Waals surface area contributed by atoms with E-state index in [1.165, 1.54) is 25.4 Å². The molecule has 3 rings (SSSR count). The second-order valence-corrected chi connectivity index (χ2v) is 19.3. The Morgan fingerprint density at radius 1 is 1.02 bits per heavy atom. The maximum absolute atomic E-state index is 14.6. The van der Waals surface area contributed by atoms with Crippen molar-refractivity contribution in [1.82, 2.24) is 20.1 Å². The van der Waals surface area contributed by atoms with Gasteiger partial charge in [0.25, 0.3) is 5.91 Å². The maximum Gasteiger partial charge on any atom is 0.308 e. The molecule has 14 nitrogen and oxygen atoms in total. The molecule has 2 aromatic rings.